The van der Waals surface area contributed by atoms with Crippen LogP contribution in [0.25, 0.3) is 5.57 Å². The predicted molar refractivity (Wildman–Crippen MR) is 72.9 cm³/mol. The molecule has 4 heteroatoms. The van der Waals surface area contributed by atoms with Gasteiger partial charge in [0.05, 0.1) is 13.2 Å². The maximum Gasteiger partial charge on any atom is 0.160 e. The molecule has 2 aliphatic rings. The van der Waals surface area contributed by atoms with Gasteiger partial charge in [0, 0.05) is 22.8 Å². The van der Waals surface area contributed by atoms with Crippen LogP contribution in [0.1, 0.15) is 24.8 Å². The fourth-order valence-corrected chi connectivity index (χ4v) is 3.14. The first-order chi connectivity index (χ1) is 8.84. The SMILES string of the molecule is Brc1cnccc1C1=CCC(C2OCCO2)CC1. The molecule has 1 saturated heterocycles. The molecule has 0 spiro atoms. The van der Waals surface area contributed by atoms with Gasteiger partial charge in [-0.1, -0.05) is 6.08 Å². The Kier molecular flexibility index (Phi) is 3.77. The van der Waals surface area contributed by atoms with E-state index in [2.05, 4.69) is 33.1 Å². The fraction of sp³-hybridized carbons (Fsp3) is 0.500. The van der Waals surface area contributed by atoms with Crippen LogP contribution in [-0.2, 0) is 9.47 Å². The molecular weight excluding hydrogens is 294 g/mol. The summed E-state index contributed by atoms with van der Waals surface area (Å²) in [5.41, 5.74) is 2.66. The van der Waals surface area contributed by atoms with Crippen LogP contribution < -0.4 is 0 Å². The highest BCUT2D eigenvalue weighted by Crippen LogP contribution is 2.36. The molecule has 3 rings (SSSR count). The number of rotatable bonds is 2. The predicted octanol–water partition coefficient (Wildman–Crippen LogP) is 3.40. The standard InChI is InChI=1S/C14H16BrNO2/c15-13-9-16-6-5-12(13)10-1-3-11(4-2-10)14-17-7-8-18-14/h1,5-6,9,11,14H,2-4,7-8H2. The fourth-order valence-electron chi connectivity index (χ4n) is 2.63. The molecule has 1 aliphatic carbocycles. The first kappa shape index (κ1) is 12.3. The molecule has 0 N–H and O–H groups in total. The quantitative estimate of drug-likeness (QED) is 0.839. The number of pyridine rings is 1. The van der Waals surface area contributed by atoms with E-state index in [0.717, 1.165) is 36.9 Å². The van der Waals surface area contributed by atoms with Crippen molar-refractivity contribution in [3.63, 3.8) is 0 Å². The van der Waals surface area contributed by atoms with Crippen LogP contribution in [0.4, 0.5) is 0 Å². The summed E-state index contributed by atoms with van der Waals surface area (Å²) in [4.78, 5) is 4.10. The van der Waals surface area contributed by atoms with Gasteiger partial charge in [0.1, 0.15) is 0 Å². The van der Waals surface area contributed by atoms with Crippen molar-refractivity contribution in [1.29, 1.82) is 0 Å². The van der Waals surface area contributed by atoms with Gasteiger partial charge in [0.25, 0.3) is 0 Å². The highest BCUT2D eigenvalue weighted by molar-refractivity contribution is 9.10. The number of hydrogen-bond acceptors (Lipinski definition) is 3. The number of ether oxygens (including phenoxy) is 2. The molecule has 1 atom stereocenters. The zero-order valence-electron chi connectivity index (χ0n) is 10.1. The molecule has 0 bridgehead atoms. The second-order valence-electron chi connectivity index (χ2n) is 4.73. The molecule has 3 nitrogen and oxygen atoms in total. The molecule has 2 heterocycles. The van der Waals surface area contributed by atoms with Crippen molar-refractivity contribution >= 4 is 21.5 Å². The van der Waals surface area contributed by atoms with Crippen molar-refractivity contribution < 1.29 is 9.47 Å². The van der Waals surface area contributed by atoms with Crippen molar-refractivity contribution in [2.24, 2.45) is 5.92 Å². The lowest BCUT2D eigenvalue weighted by Gasteiger charge is -2.26. The van der Waals surface area contributed by atoms with E-state index in [-0.39, 0.29) is 6.29 Å². The third-order valence-electron chi connectivity index (χ3n) is 3.60. The summed E-state index contributed by atoms with van der Waals surface area (Å²) in [7, 11) is 0. The van der Waals surface area contributed by atoms with Crippen molar-refractivity contribution in [1.82, 2.24) is 4.98 Å². The molecule has 1 aliphatic heterocycles. The average Bonchev–Trinajstić information content (AvgIpc) is 2.94. The molecular formula is C14H16BrNO2. The van der Waals surface area contributed by atoms with Crippen LogP contribution in [-0.4, -0.2) is 24.5 Å². The lowest BCUT2D eigenvalue weighted by Crippen LogP contribution is -2.23. The Bertz CT molecular complexity index is 455. The monoisotopic (exact) mass is 309 g/mol. The van der Waals surface area contributed by atoms with Gasteiger partial charge < -0.3 is 9.47 Å². The zero-order chi connectivity index (χ0) is 12.4. The Morgan fingerprint density at radius 3 is 2.78 bits per heavy atom. The van der Waals surface area contributed by atoms with Crippen molar-refractivity contribution in [3.05, 3.63) is 34.6 Å². The maximum absolute atomic E-state index is 5.59. The number of nitrogens with zero attached hydrogens (tertiary/aromatic N) is 1. The van der Waals surface area contributed by atoms with Crippen molar-refractivity contribution in [2.75, 3.05) is 13.2 Å². The van der Waals surface area contributed by atoms with Crippen LogP contribution in [0.15, 0.2) is 29.0 Å². The van der Waals surface area contributed by atoms with Gasteiger partial charge >= 0.3 is 0 Å². The third kappa shape index (κ3) is 2.51. The summed E-state index contributed by atoms with van der Waals surface area (Å²) < 4.78 is 12.2. The second-order valence-corrected chi connectivity index (χ2v) is 5.58. The Morgan fingerprint density at radius 2 is 2.11 bits per heavy atom. The van der Waals surface area contributed by atoms with Gasteiger partial charge in [-0.3, -0.25) is 4.98 Å². The molecule has 0 aromatic carbocycles. The summed E-state index contributed by atoms with van der Waals surface area (Å²) in [6.45, 7) is 1.49. The number of allylic oxidation sites excluding steroid dienone is 2. The minimum atomic E-state index is 0.0173. The minimum Gasteiger partial charge on any atom is -0.350 e. The number of halogens is 1. The van der Waals surface area contributed by atoms with E-state index in [1.165, 1.54) is 11.1 Å². The molecule has 1 fully saturated rings. The van der Waals surface area contributed by atoms with Gasteiger partial charge in [-0.2, -0.15) is 0 Å². The smallest absolute Gasteiger partial charge is 0.160 e. The highest BCUT2D eigenvalue weighted by Gasteiger charge is 2.28. The second kappa shape index (κ2) is 5.51. The Labute approximate surface area is 115 Å². The van der Waals surface area contributed by atoms with Crippen LogP contribution in [0.2, 0.25) is 0 Å². The number of aromatic nitrogens is 1. The maximum atomic E-state index is 5.59. The van der Waals surface area contributed by atoms with Gasteiger partial charge in [-0.25, -0.2) is 0 Å². The van der Waals surface area contributed by atoms with Crippen LogP contribution in [0.5, 0.6) is 0 Å². The van der Waals surface area contributed by atoms with E-state index in [0.29, 0.717) is 5.92 Å². The molecule has 0 radical (unpaired) electrons. The van der Waals surface area contributed by atoms with E-state index >= 15 is 0 Å². The lowest BCUT2D eigenvalue weighted by atomic mass is 9.86. The van der Waals surface area contributed by atoms with E-state index in [9.17, 15) is 0 Å². The van der Waals surface area contributed by atoms with Crippen LogP contribution in [0, 0.1) is 5.92 Å². The van der Waals surface area contributed by atoms with Gasteiger partial charge in [0.2, 0.25) is 0 Å². The van der Waals surface area contributed by atoms with E-state index < -0.39 is 0 Å². The van der Waals surface area contributed by atoms with Gasteiger partial charge in [-0.05, 0) is 52.4 Å². The van der Waals surface area contributed by atoms with E-state index in [1.54, 1.807) is 0 Å². The summed E-state index contributed by atoms with van der Waals surface area (Å²) in [6, 6.07) is 2.07. The van der Waals surface area contributed by atoms with Gasteiger partial charge in [-0.15, -0.1) is 0 Å². The largest absolute Gasteiger partial charge is 0.350 e. The van der Waals surface area contributed by atoms with Crippen molar-refractivity contribution in [3.8, 4) is 0 Å². The molecule has 1 aromatic rings. The molecule has 1 aromatic heterocycles. The van der Waals surface area contributed by atoms with Gasteiger partial charge in [0.15, 0.2) is 6.29 Å². The summed E-state index contributed by atoms with van der Waals surface area (Å²) in [5, 5.41) is 0. The summed E-state index contributed by atoms with van der Waals surface area (Å²) in [6.07, 6.45) is 9.28. The molecule has 18 heavy (non-hydrogen) atoms. The van der Waals surface area contributed by atoms with Crippen LogP contribution in [0.3, 0.4) is 0 Å². The van der Waals surface area contributed by atoms with E-state index in [4.69, 9.17) is 9.47 Å². The highest BCUT2D eigenvalue weighted by atomic mass is 79.9. The third-order valence-corrected chi connectivity index (χ3v) is 4.23. The molecule has 1 unspecified atom stereocenters. The molecule has 0 saturated carbocycles. The first-order valence-corrected chi connectivity index (χ1v) is 7.16. The summed E-state index contributed by atoms with van der Waals surface area (Å²) in [5.74, 6) is 0.511. The minimum absolute atomic E-state index is 0.0173. The Hall–Kier alpha value is -0.710. The summed E-state index contributed by atoms with van der Waals surface area (Å²) >= 11 is 3.56. The normalized spacial score (nSPS) is 25.2. The topological polar surface area (TPSA) is 31.4 Å². The van der Waals surface area contributed by atoms with Crippen molar-refractivity contribution in [2.45, 2.75) is 25.6 Å². The molecule has 0 amide bonds. The molecule has 96 valence electrons. The Morgan fingerprint density at radius 1 is 1.28 bits per heavy atom. The van der Waals surface area contributed by atoms with Crippen LogP contribution >= 0.6 is 15.9 Å². The number of hydrogen-bond donors (Lipinski definition) is 0. The first-order valence-electron chi connectivity index (χ1n) is 6.37. The average molecular weight is 310 g/mol. The zero-order valence-corrected chi connectivity index (χ0v) is 11.7. The Balaban J connectivity index is 1.72. The lowest BCUT2D eigenvalue weighted by molar-refractivity contribution is -0.0849. The van der Waals surface area contributed by atoms with E-state index in [1.807, 2.05) is 12.4 Å².